The molecule has 1 aromatic heterocycles. The molecule has 4 nitrogen and oxygen atoms in total. The highest BCUT2D eigenvalue weighted by Gasteiger charge is 2.22. The molecule has 1 aliphatic heterocycles. The Hall–Kier alpha value is -0.940. The van der Waals surface area contributed by atoms with Gasteiger partial charge in [0.15, 0.2) is 0 Å². The van der Waals surface area contributed by atoms with Crippen LogP contribution in [0.15, 0.2) is 22.9 Å². The second kappa shape index (κ2) is 6.29. The van der Waals surface area contributed by atoms with Crippen LogP contribution in [0.4, 0.5) is 0 Å². The van der Waals surface area contributed by atoms with Gasteiger partial charge in [0, 0.05) is 25.9 Å². The van der Waals surface area contributed by atoms with Gasteiger partial charge >= 0.3 is 0 Å². The van der Waals surface area contributed by atoms with Crippen LogP contribution in [0.2, 0.25) is 0 Å². The molecule has 0 spiro atoms. The van der Waals surface area contributed by atoms with Crippen molar-refractivity contribution in [2.24, 2.45) is 0 Å². The molecule has 5 heteroatoms. The van der Waals surface area contributed by atoms with Gasteiger partial charge in [-0.15, -0.1) is 0 Å². The molecule has 0 aliphatic carbocycles. The van der Waals surface area contributed by atoms with E-state index in [1.807, 2.05) is 11.8 Å². The molecule has 0 N–H and O–H groups in total. The van der Waals surface area contributed by atoms with Crippen molar-refractivity contribution < 1.29 is 9.53 Å². The van der Waals surface area contributed by atoms with Crippen LogP contribution in [0.25, 0.3) is 0 Å². The molecule has 1 fully saturated rings. The van der Waals surface area contributed by atoms with Crippen LogP contribution in [0.1, 0.15) is 30.1 Å². The summed E-state index contributed by atoms with van der Waals surface area (Å²) in [4.78, 5) is 18.2. The number of rotatable bonds is 4. The molecule has 98 valence electrons. The highest BCUT2D eigenvalue weighted by molar-refractivity contribution is 9.10. The van der Waals surface area contributed by atoms with Crippen molar-refractivity contribution in [3.63, 3.8) is 0 Å². The standard InChI is InChI=1S/C13H17BrN2O2/c1-2-16(9-11-4-3-7-18-11)13(17)10-5-6-12(14)15-8-10/h5-6,8,11H,2-4,7,9H2,1H3. The summed E-state index contributed by atoms with van der Waals surface area (Å²) >= 11 is 3.26. The first-order valence-corrected chi connectivity index (χ1v) is 7.02. The van der Waals surface area contributed by atoms with Crippen LogP contribution in [-0.2, 0) is 4.74 Å². The highest BCUT2D eigenvalue weighted by Crippen LogP contribution is 2.15. The van der Waals surface area contributed by atoms with Crippen LogP contribution < -0.4 is 0 Å². The molecule has 2 rings (SSSR count). The minimum atomic E-state index is 0.0213. The Balaban J connectivity index is 2.02. The van der Waals surface area contributed by atoms with Crippen molar-refractivity contribution in [1.82, 2.24) is 9.88 Å². The van der Waals surface area contributed by atoms with E-state index in [0.717, 1.165) is 24.1 Å². The highest BCUT2D eigenvalue weighted by atomic mass is 79.9. The number of hydrogen-bond acceptors (Lipinski definition) is 3. The number of carbonyl (C=O) groups excluding carboxylic acids is 1. The number of nitrogens with zero attached hydrogens (tertiary/aromatic N) is 2. The number of pyridine rings is 1. The zero-order valence-corrected chi connectivity index (χ0v) is 12.0. The summed E-state index contributed by atoms with van der Waals surface area (Å²) < 4.78 is 6.31. The maximum Gasteiger partial charge on any atom is 0.255 e. The summed E-state index contributed by atoms with van der Waals surface area (Å²) in [6, 6.07) is 3.57. The van der Waals surface area contributed by atoms with Gasteiger partial charge in [-0.25, -0.2) is 4.98 Å². The first-order chi connectivity index (χ1) is 8.70. The molecular formula is C13H17BrN2O2. The van der Waals surface area contributed by atoms with Crippen LogP contribution in [0.3, 0.4) is 0 Å². The third-order valence-electron chi connectivity index (χ3n) is 3.09. The summed E-state index contributed by atoms with van der Waals surface area (Å²) in [7, 11) is 0. The molecule has 0 saturated carbocycles. The monoisotopic (exact) mass is 312 g/mol. The average molecular weight is 313 g/mol. The van der Waals surface area contributed by atoms with Gasteiger partial charge < -0.3 is 9.64 Å². The molecule has 1 atom stereocenters. The molecule has 2 heterocycles. The van der Waals surface area contributed by atoms with Crippen molar-refractivity contribution in [3.8, 4) is 0 Å². The fraction of sp³-hybridized carbons (Fsp3) is 0.538. The van der Waals surface area contributed by atoms with Crippen molar-refractivity contribution in [2.45, 2.75) is 25.9 Å². The average Bonchev–Trinajstić information content (AvgIpc) is 2.89. The number of hydrogen-bond donors (Lipinski definition) is 0. The summed E-state index contributed by atoms with van der Waals surface area (Å²) in [5, 5.41) is 0. The van der Waals surface area contributed by atoms with E-state index >= 15 is 0 Å². The van der Waals surface area contributed by atoms with E-state index in [2.05, 4.69) is 20.9 Å². The number of carbonyl (C=O) groups is 1. The molecule has 0 radical (unpaired) electrons. The summed E-state index contributed by atoms with van der Waals surface area (Å²) in [5.41, 5.74) is 0.623. The first-order valence-electron chi connectivity index (χ1n) is 6.23. The van der Waals surface area contributed by atoms with E-state index in [0.29, 0.717) is 18.7 Å². The van der Waals surface area contributed by atoms with E-state index < -0.39 is 0 Å². The van der Waals surface area contributed by atoms with Crippen molar-refractivity contribution in [3.05, 3.63) is 28.5 Å². The minimum absolute atomic E-state index is 0.0213. The number of likely N-dealkylation sites (N-methyl/N-ethyl adjacent to an activating group) is 1. The third-order valence-corrected chi connectivity index (χ3v) is 3.56. The van der Waals surface area contributed by atoms with Gasteiger partial charge in [0.05, 0.1) is 11.7 Å². The summed E-state index contributed by atoms with van der Waals surface area (Å²) in [5.74, 6) is 0.0213. The molecule has 0 aromatic carbocycles. The number of ether oxygens (including phenoxy) is 1. The minimum Gasteiger partial charge on any atom is -0.376 e. The Kier molecular flexibility index (Phi) is 4.72. The normalized spacial score (nSPS) is 18.9. The lowest BCUT2D eigenvalue weighted by Crippen LogP contribution is -2.37. The topological polar surface area (TPSA) is 42.4 Å². The van der Waals surface area contributed by atoms with Crippen LogP contribution in [0, 0.1) is 0 Å². The molecule has 1 saturated heterocycles. The van der Waals surface area contributed by atoms with E-state index in [4.69, 9.17) is 4.74 Å². The molecule has 1 unspecified atom stereocenters. The molecule has 1 aliphatic rings. The molecule has 18 heavy (non-hydrogen) atoms. The smallest absolute Gasteiger partial charge is 0.255 e. The number of aromatic nitrogens is 1. The quantitative estimate of drug-likeness (QED) is 0.802. The number of amides is 1. The fourth-order valence-electron chi connectivity index (χ4n) is 2.07. The van der Waals surface area contributed by atoms with Crippen LogP contribution in [0.5, 0.6) is 0 Å². The second-order valence-electron chi connectivity index (χ2n) is 4.35. The van der Waals surface area contributed by atoms with Gasteiger partial charge in [0.25, 0.3) is 5.91 Å². The Labute approximate surface area is 115 Å². The SMILES string of the molecule is CCN(CC1CCCO1)C(=O)c1ccc(Br)nc1. The fourth-order valence-corrected chi connectivity index (χ4v) is 2.31. The Bertz CT molecular complexity index is 402. The lowest BCUT2D eigenvalue weighted by atomic mass is 10.2. The van der Waals surface area contributed by atoms with Crippen molar-refractivity contribution in [2.75, 3.05) is 19.7 Å². The third kappa shape index (κ3) is 3.29. The zero-order chi connectivity index (χ0) is 13.0. The largest absolute Gasteiger partial charge is 0.376 e. The summed E-state index contributed by atoms with van der Waals surface area (Å²) in [6.07, 6.45) is 3.93. The van der Waals surface area contributed by atoms with E-state index in [9.17, 15) is 4.79 Å². The van der Waals surface area contributed by atoms with E-state index in [1.54, 1.807) is 18.3 Å². The molecule has 0 bridgehead atoms. The summed E-state index contributed by atoms with van der Waals surface area (Å²) in [6.45, 7) is 4.16. The molecular weight excluding hydrogens is 296 g/mol. The van der Waals surface area contributed by atoms with Gasteiger partial charge in [-0.05, 0) is 47.8 Å². The Morgan fingerprint density at radius 2 is 2.44 bits per heavy atom. The van der Waals surface area contributed by atoms with E-state index in [-0.39, 0.29) is 12.0 Å². The molecule has 1 aromatic rings. The van der Waals surface area contributed by atoms with Crippen LogP contribution in [-0.4, -0.2) is 41.6 Å². The van der Waals surface area contributed by atoms with Crippen molar-refractivity contribution in [1.29, 1.82) is 0 Å². The second-order valence-corrected chi connectivity index (χ2v) is 5.16. The van der Waals surface area contributed by atoms with Crippen LogP contribution >= 0.6 is 15.9 Å². The van der Waals surface area contributed by atoms with Gasteiger partial charge in [0.1, 0.15) is 4.60 Å². The lowest BCUT2D eigenvalue weighted by molar-refractivity contribution is 0.0539. The predicted octanol–water partition coefficient (Wildman–Crippen LogP) is 2.49. The van der Waals surface area contributed by atoms with Gasteiger partial charge in [-0.2, -0.15) is 0 Å². The van der Waals surface area contributed by atoms with Gasteiger partial charge in [-0.1, -0.05) is 0 Å². The Morgan fingerprint density at radius 1 is 1.61 bits per heavy atom. The number of halogens is 1. The van der Waals surface area contributed by atoms with Crippen molar-refractivity contribution >= 4 is 21.8 Å². The first kappa shape index (κ1) is 13.5. The maximum absolute atomic E-state index is 12.3. The predicted molar refractivity (Wildman–Crippen MR) is 72.5 cm³/mol. The molecule has 1 amide bonds. The van der Waals surface area contributed by atoms with Gasteiger partial charge in [-0.3, -0.25) is 4.79 Å². The maximum atomic E-state index is 12.3. The van der Waals surface area contributed by atoms with E-state index in [1.165, 1.54) is 0 Å². The lowest BCUT2D eigenvalue weighted by Gasteiger charge is -2.23. The Morgan fingerprint density at radius 3 is 3.00 bits per heavy atom. The van der Waals surface area contributed by atoms with Gasteiger partial charge in [0.2, 0.25) is 0 Å². The zero-order valence-electron chi connectivity index (χ0n) is 10.4.